The maximum atomic E-state index is 12.2. The van der Waals surface area contributed by atoms with Crippen LogP contribution in [0.1, 0.15) is 29.3 Å². The number of likely N-dealkylation sites (tertiary alicyclic amines) is 1. The fourth-order valence-electron chi connectivity index (χ4n) is 3.47. The molecule has 0 spiro atoms. The molecular formula is C20H24N2O3. The number of amides is 1. The average molecular weight is 340 g/mol. The lowest BCUT2D eigenvalue weighted by molar-refractivity contribution is 0.0946. The summed E-state index contributed by atoms with van der Waals surface area (Å²) in [5.41, 5.74) is 1.57. The van der Waals surface area contributed by atoms with E-state index < -0.39 is 0 Å². The van der Waals surface area contributed by atoms with Crippen LogP contribution in [0.3, 0.4) is 0 Å². The van der Waals surface area contributed by atoms with Crippen molar-refractivity contribution in [1.82, 2.24) is 10.2 Å². The lowest BCUT2D eigenvalue weighted by Crippen LogP contribution is -2.31. The summed E-state index contributed by atoms with van der Waals surface area (Å²) < 4.78 is 0. The summed E-state index contributed by atoms with van der Waals surface area (Å²) in [7, 11) is 0. The highest BCUT2D eigenvalue weighted by molar-refractivity contribution is 5.95. The second-order valence-electron chi connectivity index (χ2n) is 6.81. The third kappa shape index (κ3) is 4.51. The van der Waals surface area contributed by atoms with E-state index in [2.05, 4.69) is 41.4 Å². The molecule has 1 fully saturated rings. The van der Waals surface area contributed by atoms with Crippen molar-refractivity contribution < 1.29 is 15.0 Å². The van der Waals surface area contributed by atoms with Crippen LogP contribution in [0.15, 0.2) is 48.5 Å². The van der Waals surface area contributed by atoms with E-state index in [1.165, 1.54) is 23.8 Å². The number of phenols is 2. The predicted octanol–water partition coefficient (Wildman–Crippen LogP) is 2.74. The van der Waals surface area contributed by atoms with E-state index in [4.69, 9.17) is 0 Å². The predicted molar refractivity (Wildman–Crippen MR) is 96.5 cm³/mol. The van der Waals surface area contributed by atoms with Crippen molar-refractivity contribution in [2.24, 2.45) is 5.92 Å². The van der Waals surface area contributed by atoms with Gasteiger partial charge in [-0.1, -0.05) is 30.3 Å². The minimum Gasteiger partial charge on any atom is -0.508 e. The average Bonchev–Trinajstić information content (AvgIpc) is 2.92. The van der Waals surface area contributed by atoms with Crippen LogP contribution in [-0.4, -0.2) is 40.2 Å². The van der Waals surface area contributed by atoms with Gasteiger partial charge in [0.05, 0.1) is 0 Å². The van der Waals surface area contributed by atoms with Crippen LogP contribution < -0.4 is 5.32 Å². The molecule has 0 aliphatic carbocycles. The highest BCUT2D eigenvalue weighted by Crippen LogP contribution is 2.25. The minimum absolute atomic E-state index is 0.117. The van der Waals surface area contributed by atoms with Crippen LogP contribution in [0.4, 0.5) is 0 Å². The molecule has 3 N–H and O–H groups in total. The van der Waals surface area contributed by atoms with Crippen molar-refractivity contribution in [3.05, 3.63) is 59.7 Å². The summed E-state index contributed by atoms with van der Waals surface area (Å²) in [6, 6.07) is 14.8. The molecule has 25 heavy (non-hydrogen) atoms. The van der Waals surface area contributed by atoms with Crippen molar-refractivity contribution in [2.75, 3.05) is 13.1 Å². The summed E-state index contributed by atoms with van der Waals surface area (Å²) in [5, 5.41) is 21.9. The first-order valence-corrected chi connectivity index (χ1v) is 8.60. The van der Waals surface area contributed by atoms with Gasteiger partial charge in [0, 0.05) is 37.3 Å². The number of benzene rings is 2. The van der Waals surface area contributed by atoms with Crippen LogP contribution in [-0.2, 0) is 6.54 Å². The summed E-state index contributed by atoms with van der Waals surface area (Å²) in [4.78, 5) is 14.6. The normalized spacial score (nSPS) is 20.5. The Morgan fingerprint density at radius 1 is 1.16 bits per heavy atom. The number of carbonyl (C=O) groups is 1. The van der Waals surface area contributed by atoms with E-state index in [0.29, 0.717) is 18.5 Å². The van der Waals surface area contributed by atoms with E-state index in [1.807, 2.05) is 6.07 Å². The van der Waals surface area contributed by atoms with Gasteiger partial charge in [-0.05, 0) is 37.0 Å². The van der Waals surface area contributed by atoms with Gasteiger partial charge in [0.25, 0.3) is 5.91 Å². The maximum absolute atomic E-state index is 12.2. The van der Waals surface area contributed by atoms with Gasteiger partial charge in [-0.3, -0.25) is 9.69 Å². The summed E-state index contributed by atoms with van der Waals surface area (Å²) in [5.74, 6) is -0.115. The van der Waals surface area contributed by atoms with Gasteiger partial charge in [0.1, 0.15) is 11.5 Å². The van der Waals surface area contributed by atoms with Gasteiger partial charge in [-0.2, -0.15) is 0 Å². The first-order chi connectivity index (χ1) is 12.0. The Kier molecular flexibility index (Phi) is 5.24. The Labute approximate surface area is 147 Å². The van der Waals surface area contributed by atoms with Crippen LogP contribution in [0, 0.1) is 5.92 Å². The van der Waals surface area contributed by atoms with Crippen LogP contribution in [0.25, 0.3) is 0 Å². The molecule has 3 rings (SSSR count). The Balaban J connectivity index is 1.53. The Morgan fingerprint density at radius 2 is 1.84 bits per heavy atom. The fourth-order valence-corrected chi connectivity index (χ4v) is 3.47. The van der Waals surface area contributed by atoms with Crippen LogP contribution in [0.5, 0.6) is 11.5 Å². The Morgan fingerprint density at radius 3 is 2.52 bits per heavy atom. The third-order valence-corrected chi connectivity index (χ3v) is 4.74. The molecule has 0 bridgehead atoms. The SMILES string of the molecule is C[C@@H]1C[C@@H](CNC(=O)c2cc(O)cc(O)c2)CN1Cc1ccccc1. The lowest BCUT2D eigenvalue weighted by Gasteiger charge is -2.21. The van der Waals surface area contributed by atoms with E-state index in [-0.39, 0.29) is 23.0 Å². The van der Waals surface area contributed by atoms with E-state index in [9.17, 15) is 15.0 Å². The second kappa shape index (κ2) is 7.57. The van der Waals surface area contributed by atoms with E-state index >= 15 is 0 Å². The first-order valence-electron chi connectivity index (χ1n) is 8.60. The van der Waals surface area contributed by atoms with Crippen LogP contribution >= 0.6 is 0 Å². The number of nitrogens with zero attached hydrogens (tertiary/aromatic N) is 1. The van der Waals surface area contributed by atoms with Crippen molar-refractivity contribution in [1.29, 1.82) is 0 Å². The number of rotatable bonds is 5. The molecule has 5 heteroatoms. The molecule has 1 aliphatic rings. The zero-order valence-electron chi connectivity index (χ0n) is 14.4. The number of nitrogens with one attached hydrogen (secondary N) is 1. The zero-order chi connectivity index (χ0) is 17.8. The molecule has 0 unspecified atom stereocenters. The van der Waals surface area contributed by atoms with Crippen molar-refractivity contribution in [2.45, 2.75) is 25.9 Å². The third-order valence-electron chi connectivity index (χ3n) is 4.74. The van der Waals surface area contributed by atoms with Gasteiger partial charge >= 0.3 is 0 Å². The van der Waals surface area contributed by atoms with Crippen molar-refractivity contribution >= 4 is 5.91 Å². The molecule has 1 amide bonds. The number of hydrogen-bond acceptors (Lipinski definition) is 4. The van der Waals surface area contributed by atoms with Gasteiger partial charge < -0.3 is 15.5 Å². The summed E-state index contributed by atoms with van der Waals surface area (Å²) >= 11 is 0. The standard InChI is InChI=1S/C20H24N2O3/c1-14-7-16(13-22(14)12-15-5-3-2-4-6-15)11-21-20(25)17-8-18(23)10-19(24)9-17/h2-6,8-10,14,16,23-24H,7,11-13H2,1H3,(H,21,25)/t14-,16+/m1/s1. The molecule has 1 aliphatic heterocycles. The molecule has 2 atom stereocenters. The fraction of sp³-hybridized carbons (Fsp3) is 0.350. The van der Waals surface area contributed by atoms with E-state index in [1.54, 1.807) is 0 Å². The van der Waals surface area contributed by atoms with Gasteiger partial charge in [0.15, 0.2) is 0 Å². The molecule has 5 nitrogen and oxygen atoms in total. The molecule has 1 heterocycles. The molecular weight excluding hydrogens is 316 g/mol. The van der Waals surface area contributed by atoms with Gasteiger partial charge in [-0.15, -0.1) is 0 Å². The highest BCUT2D eigenvalue weighted by atomic mass is 16.3. The smallest absolute Gasteiger partial charge is 0.251 e. The van der Waals surface area contributed by atoms with Crippen molar-refractivity contribution in [3.63, 3.8) is 0 Å². The lowest BCUT2D eigenvalue weighted by atomic mass is 10.1. The Bertz CT molecular complexity index is 713. The van der Waals surface area contributed by atoms with Gasteiger partial charge in [-0.25, -0.2) is 0 Å². The maximum Gasteiger partial charge on any atom is 0.251 e. The second-order valence-corrected chi connectivity index (χ2v) is 6.81. The van der Waals surface area contributed by atoms with E-state index in [0.717, 1.165) is 19.5 Å². The number of carbonyl (C=O) groups excluding carboxylic acids is 1. The monoisotopic (exact) mass is 340 g/mol. The summed E-state index contributed by atoms with van der Waals surface area (Å²) in [6.07, 6.45) is 1.04. The zero-order valence-corrected chi connectivity index (χ0v) is 14.4. The number of aromatic hydroxyl groups is 2. The minimum atomic E-state index is -0.277. The number of phenolic OH excluding ortho intramolecular Hbond substituents is 2. The van der Waals surface area contributed by atoms with Crippen molar-refractivity contribution in [3.8, 4) is 11.5 Å². The van der Waals surface area contributed by atoms with Gasteiger partial charge in [0.2, 0.25) is 0 Å². The Hall–Kier alpha value is -2.53. The summed E-state index contributed by atoms with van der Waals surface area (Å²) in [6.45, 7) is 4.68. The molecule has 1 saturated heterocycles. The largest absolute Gasteiger partial charge is 0.508 e. The molecule has 2 aromatic carbocycles. The molecule has 0 radical (unpaired) electrons. The quantitative estimate of drug-likeness (QED) is 0.782. The first kappa shape index (κ1) is 17.3. The number of hydrogen-bond donors (Lipinski definition) is 3. The van der Waals surface area contributed by atoms with Crippen LogP contribution in [0.2, 0.25) is 0 Å². The molecule has 2 aromatic rings. The molecule has 0 saturated carbocycles. The molecule has 132 valence electrons. The highest BCUT2D eigenvalue weighted by Gasteiger charge is 2.29. The molecule has 0 aromatic heterocycles. The topological polar surface area (TPSA) is 72.8 Å².